The van der Waals surface area contributed by atoms with Crippen LogP contribution in [0.3, 0.4) is 0 Å². The molecule has 1 atom stereocenters. The van der Waals surface area contributed by atoms with Gasteiger partial charge in [0.1, 0.15) is 0 Å². The lowest BCUT2D eigenvalue weighted by molar-refractivity contribution is -0.136. The molecule has 4 heteroatoms. The highest BCUT2D eigenvalue weighted by molar-refractivity contribution is 7.07. The molecule has 0 aliphatic heterocycles. The molecule has 0 radical (unpaired) electrons. The summed E-state index contributed by atoms with van der Waals surface area (Å²) in [5.41, 5.74) is 1.16. The summed E-state index contributed by atoms with van der Waals surface area (Å²) in [6, 6.07) is 2.00. The first-order valence-electron chi connectivity index (χ1n) is 6.18. The fourth-order valence-corrected chi connectivity index (χ4v) is 2.64. The van der Waals surface area contributed by atoms with Crippen LogP contribution in [-0.2, 0) is 11.3 Å². The van der Waals surface area contributed by atoms with Crippen molar-refractivity contribution in [1.82, 2.24) is 4.90 Å². The molecule has 1 aromatic rings. The highest BCUT2D eigenvalue weighted by Crippen LogP contribution is 2.32. The van der Waals surface area contributed by atoms with Crippen molar-refractivity contribution in [2.24, 2.45) is 5.92 Å². The van der Waals surface area contributed by atoms with Gasteiger partial charge in [-0.05, 0) is 41.7 Å². The maximum absolute atomic E-state index is 12.2. The number of carbonyl (C=O) groups excluding carboxylic acids is 1. The van der Waals surface area contributed by atoms with E-state index in [-0.39, 0.29) is 24.5 Å². The molecule has 1 fully saturated rings. The maximum Gasteiger partial charge on any atom is 0.226 e. The lowest BCUT2D eigenvalue weighted by Gasteiger charge is -2.30. The minimum atomic E-state index is -0.0389. The van der Waals surface area contributed by atoms with Gasteiger partial charge in [-0.3, -0.25) is 4.79 Å². The predicted octanol–water partition coefficient (Wildman–Crippen LogP) is 2.26. The molecule has 0 saturated heterocycles. The van der Waals surface area contributed by atoms with Gasteiger partial charge in [0.25, 0.3) is 0 Å². The summed E-state index contributed by atoms with van der Waals surface area (Å²) in [5, 5.41) is 13.5. The summed E-state index contributed by atoms with van der Waals surface area (Å²) in [4.78, 5) is 14.1. The minimum Gasteiger partial charge on any atom is -0.394 e. The summed E-state index contributed by atoms with van der Waals surface area (Å²) < 4.78 is 0. The van der Waals surface area contributed by atoms with E-state index < -0.39 is 0 Å². The molecular weight excluding hydrogens is 234 g/mol. The topological polar surface area (TPSA) is 40.5 Å². The average Bonchev–Trinajstić information content (AvgIpc) is 3.07. The Labute approximate surface area is 106 Å². The second-order valence-electron chi connectivity index (χ2n) is 4.62. The Morgan fingerprint density at radius 1 is 1.65 bits per heavy atom. The van der Waals surface area contributed by atoms with Crippen molar-refractivity contribution in [2.45, 2.75) is 38.8 Å². The van der Waals surface area contributed by atoms with Gasteiger partial charge >= 0.3 is 0 Å². The molecule has 1 N–H and O–H groups in total. The standard InChI is InChI=1S/C13H19NO2S/c1-2-12(8-15)14(13(16)11-3-4-11)7-10-5-6-17-9-10/h5-6,9,11-12,15H,2-4,7-8H2,1H3. The third kappa shape index (κ3) is 3.07. The molecule has 1 aliphatic carbocycles. The van der Waals surface area contributed by atoms with Crippen LogP contribution in [0, 0.1) is 5.92 Å². The van der Waals surface area contributed by atoms with Crippen molar-refractivity contribution >= 4 is 17.2 Å². The van der Waals surface area contributed by atoms with Crippen LogP contribution in [0.2, 0.25) is 0 Å². The number of aliphatic hydroxyl groups is 1. The van der Waals surface area contributed by atoms with Gasteiger partial charge in [0.15, 0.2) is 0 Å². The lowest BCUT2D eigenvalue weighted by atomic mass is 10.1. The molecule has 1 heterocycles. The predicted molar refractivity (Wildman–Crippen MR) is 68.8 cm³/mol. The Kier molecular flexibility index (Phi) is 4.18. The summed E-state index contributed by atoms with van der Waals surface area (Å²) in [6.07, 6.45) is 2.83. The molecule has 1 amide bonds. The van der Waals surface area contributed by atoms with E-state index in [4.69, 9.17) is 0 Å². The van der Waals surface area contributed by atoms with Crippen LogP contribution < -0.4 is 0 Å². The normalized spacial score (nSPS) is 16.8. The van der Waals surface area contributed by atoms with E-state index in [1.165, 1.54) is 0 Å². The molecule has 1 unspecified atom stereocenters. The second-order valence-corrected chi connectivity index (χ2v) is 5.40. The Bertz CT molecular complexity index is 356. The molecule has 2 rings (SSSR count). The van der Waals surface area contributed by atoms with Crippen molar-refractivity contribution in [1.29, 1.82) is 0 Å². The van der Waals surface area contributed by atoms with Gasteiger partial charge in [-0.25, -0.2) is 0 Å². The van der Waals surface area contributed by atoms with Crippen molar-refractivity contribution in [3.05, 3.63) is 22.4 Å². The first-order chi connectivity index (χ1) is 8.26. The zero-order valence-corrected chi connectivity index (χ0v) is 10.9. The molecule has 0 aromatic carbocycles. The number of hydrogen-bond donors (Lipinski definition) is 1. The number of amides is 1. The minimum absolute atomic E-state index is 0.0389. The Balaban J connectivity index is 2.08. The molecule has 1 aromatic heterocycles. The van der Waals surface area contributed by atoms with Gasteiger partial charge < -0.3 is 10.0 Å². The van der Waals surface area contributed by atoms with E-state index in [0.717, 1.165) is 24.8 Å². The van der Waals surface area contributed by atoms with E-state index in [0.29, 0.717) is 6.54 Å². The van der Waals surface area contributed by atoms with Crippen LogP contribution in [-0.4, -0.2) is 28.6 Å². The summed E-state index contributed by atoms with van der Waals surface area (Å²) >= 11 is 1.64. The van der Waals surface area contributed by atoms with Gasteiger partial charge in [-0.1, -0.05) is 6.92 Å². The van der Waals surface area contributed by atoms with E-state index in [1.807, 2.05) is 23.3 Å². The molecule has 0 spiro atoms. The van der Waals surface area contributed by atoms with Crippen molar-refractivity contribution in [2.75, 3.05) is 6.61 Å². The third-order valence-electron chi connectivity index (χ3n) is 3.27. The number of nitrogens with zero attached hydrogens (tertiary/aromatic N) is 1. The summed E-state index contributed by atoms with van der Waals surface area (Å²) in [6.45, 7) is 2.71. The number of rotatable bonds is 6. The van der Waals surface area contributed by atoms with Crippen molar-refractivity contribution < 1.29 is 9.90 Å². The number of carbonyl (C=O) groups is 1. The van der Waals surface area contributed by atoms with Crippen LogP contribution in [0.5, 0.6) is 0 Å². The van der Waals surface area contributed by atoms with Crippen LogP contribution in [0.25, 0.3) is 0 Å². The van der Waals surface area contributed by atoms with Crippen molar-refractivity contribution in [3.63, 3.8) is 0 Å². The smallest absolute Gasteiger partial charge is 0.226 e. The average molecular weight is 253 g/mol. The molecule has 1 aliphatic rings. The highest BCUT2D eigenvalue weighted by Gasteiger charge is 2.35. The number of hydrogen-bond acceptors (Lipinski definition) is 3. The van der Waals surface area contributed by atoms with Crippen LogP contribution >= 0.6 is 11.3 Å². The van der Waals surface area contributed by atoms with E-state index in [9.17, 15) is 9.90 Å². The Morgan fingerprint density at radius 3 is 2.88 bits per heavy atom. The van der Waals surface area contributed by atoms with E-state index in [2.05, 4.69) is 5.38 Å². The molecule has 3 nitrogen and oxygen atoms in total. The second kappa shape index (κ2) is 5.65. The maximum atomic E-state index is 12.2. The van der Waals surface area contributed by atoms with Crippen LogP contribution in [0.1, 0.15) is 31.7 Å². The lowest BCUT2D eigenvalue weighted by Crippen LogP contribution is -2.42. The zero-order valence-electron chi connectivity index (χ0n) is 10.1. The van der Waals surface area contributed by atoms with Crippen LogP contribution in [0.15, 0.2) is 16.8 Å². The first-order valence-corrected chi connectivity index (χ1v) is 7.13. The summed E-state index contributed by atoms with van der Waals surface area (Å²) in [7, 11) is 0. The fraction of sp³-hybridized carbons (Fsp3) is 0.615. The Morgan fingerprint density at radius 2 is 2.41 bits per heavy atom. The fourth-order valence-electron chi connectivity index (χ4n) is 1.98. The Hall–Kier alpha value is -0.870. The van der Waals surface area contributed by atoms with Gasteiger partial charge in [0.05, 0.1) is 12.6 Å². The highest BCUT2D eigenvalue weighted by atomic mass is 32.1. The zero-order chi connectivity index (χ0) is 12.3. The third-order valence-corrected chi connectivity index (χ3v) is 4.00. The van der Waals surface area contributed by atoms with Gasteiger partial charge in [-0.15, -0.1) is 0 Å². The largest absolute Gasteiger partial charge is 0.394 e. The van der Waals surface area contributed by atoms with Crippen molar-refractivity contribution in [3.8, 4) is 0 Å². The van der Waals surface area contributed by atoms with E-state index >= 15 is 0 Å². The summed E-state index contributed by atoms with van der Waals surface area (Å²) in [5.74, 6) is 0.436. The molecule has 17 heavy (non-hydrogen) atoms. The molecular formula is C13H19NO2S. The molecule has 94 valence electrons. The van der Waals surface area contributed by atoms with Crippen LogP contribution in [0.4, 0.5) is 0 Å². The first kappa shape index (κ1) is 12.6. The monoisotopic (exact) mass is 253 g/mol. The van der Waals surface area contributed by atoms with Gasteiger partial charge in [-0.2, -0.15) is 11.3 Å². The molecule has 1 saturated carbocycles. The van der Waals surface area contributed by atoms with E-state index in [1.54, 1.807) is 11.3 Å². The SMILES string of the molecule is CCC(CO)N(Cc1ccsc1)C(=O)C1CC1. The number of thiophene rings is 1. The van der Waals surface area contributed by atoms with Gasteiger partial charge in [0, 0.05) is 12.5 Å². The number of aliphatic hydroxyl groups excluding tert-OH is 1. The van der Waals surface area contributed by atoms with Gasteiger partial charge in [0.2, 0.25) is 5.91 Å². The quantitative estimate of drug-likeness (QED) is 0.845. The molecule has 0 bridgehead atoms.